The van der Waals surface area contributed by atoms with Crippen LogP contribution in [0.3, 0.4) is 0 Å². The van der Waals surface area contributed by atoms with Gasteiger partial charge in [0.1, 0.15) is 0 Å². The maximum atomic E-state index is 12.5. The Labute approximate surface area is 172 Å². The fraction of sp³-hybridized carbons (Fsp3) is 0.0556. The van der Waals surface area contributed by atoms with Gasteiger partial charge in [-0.25, -0.2) is 9.38 Å². The van der Waals surface area contributed by atoms with Crippen molar-refractivity contribution in [1.29, 1.82) is 0 Å². The molecule has 4 rings (SSSR count). The van der Waals surface area contributed by atoms with E-state index in [1.54, 1.807) is 6.92 Å². The van der Waals surface area contributed by atoms with Crippen LogP contribution in [0, 0.1) is 27.2 Å². The Morgan fingerprint density at radius 2 is 1.48 bits per heavy atom. The van der Waals surface area contributed by atoms with Gasteiger partial charge < -0.3 is 0 Å². The Balaban J connectivity index is 1.81. The first-order valence-corrected chi connectivity index (χ1v) is 8.74. The van der Waals surface area contributed by atoms with Crippen molar-refractivity contribution >= 4 is 28.8 Å². The summed E-state index contributed by atoms with van der Waals surface area (Å²) in [4.78, 5) is 37.5. The first kappa shape index (κ1) is 19.5. The van der Waals surface area contributed by atoms with E-state index < -0.39 is 15.4 Å². The molecular formula is C18H12N8O5. The smallest absolute Gasteiger partial charge is 0.269 e. The van der Waals surface area contributed by atoms with Gasteiger partial charge in [0, 0.05) is 36.0 Å². The summed E-state index contributed by atoms with van der Waals surface area (Å²) >= 11 is 0. The first-order chi connectivity index (χ1) is 14.8. The molecule has 0 saturated carbocycles. The van der Waals surface area contributed by atoms with Crippen LogP contribution in [0.15, 0.2) is 69.6 Å². The number of rotatable bonds is 5. The molecule has 0 unspecified atom stereocenters. The Kier molecular flexibility index (Phi) is 4.75. The van der Waals surface area contributed by atoms with E-state index in [1.807, 2.05) is 0 Å². The van der Waals surface area contributed by atoms with Crippen LogP contribution < -0.4 is 5.56 Å². The van der Waals surface area contributed by atoms with E-state index in [-0.39, 0.29) is 23.1 Å². The summed E-state index contributed by atoms with van der Waals surface area (Å²) in [6.45, 7) is 1.65. The van der Waals surface area contributed by atoms with Crippen LogP contribution >= 0.6 is 0 Å². The molecule has 0 N–H and O–H groups in total. The van der Waals surface area contributed by atoms with Gasteiger partial charge in [0.15, 0.2) is 0 Å². The van der Waals surface area contributed by atoms with Gasteiger partial charge in [-0.05, 0) is 31.2 Å². The lowest BCUT2D eigenvalue weighted by atomic mass is 10.3. The summed E-state index contributed by atoms with van der Waals surface area (Å²) in [6.07, 6.45) is 0. The van der Waals surface area contributed by atoms with Gasteiger partial charge >= 0.3 is 0 Å². The molecule has 0 atom stereocenters. The van der Waals surface area contributed by atoms with Crippen molar-refractivity contribution < 1.29 is 9.85 Å². The molecule has 0 amide bonds. The van der Waals surface area contributed by atoms with Crippen molar-refractivity contribution in [3.8, 4) is 5.69 Å². The van der Waals surface area contributed by atoms with Crippen molar-refractivity contribution in [2.75, 3.05) is 0 Å². The number of aryl methyl sites for hydroxylation is 1. The van der Waals surface area contributed by atoms with E-state index in [9.17, 15) is 25.0 Å². The molecule has 0 aliphatic rings. The highest BCUT2D eigenvalue weighted by Crippen LogP contribution is 2.23. The SMILES string of the molecule is Cc1cc(=O)n2c(N=Nc3ccc([N+](=O)[O-])cc3)nn(-c3ccc([N+](=O)[O-])cc3)c2n1. The monoisotopic (exact) mass is 420 g/mol. The van der Waals surface area contributed by atoms with Crippen LogP contribution in [-0.2, 0) is 0 Å². The molecule has 0 aliphatic heterocycles. The predicted molar refractivity (Wildman–Crippen MR) is 107 cm³/mol. The minimum atomic E-state index is -0.534. The highest BCUT2D eigenvalue weighted by Gasteiger charge is 2.16. The van der Waals surface area contributed by atoms with Crippen LogP contribution in [0.25, 0.3) is 11.5 Å². The van der Waals surface area contributed by atoms with Crippen molar-refractivity contribution in [3.05, 3.63) is 90.9 Å². The fourth-order valence-electron chi connectivity index (χ4n) is 2.79. The molecular weight excluding hydrogens is 408 g/mol. The zero-order valence-electron chi connectivity index (χ0n) is 15.8. The molecule has 0 aliphatic carbocycles. The lowest BCUT2D eigenvalue weighted by molar-refractivity contribution is -0.385. The van der Waals surface area contributed by atoms with E-state index in [2.05, 4.69) is 20.3 Å². The van der Waals surface area contributed by atoms with Crippen molar-refractivity contribution in [2.45, 2.75) is 6.92 Å². The second kappa shape index (κ2) is 7.55. The lowest BCUT2D eigenvalue weighted by Gasteiger charge is -2.02. The molecule has 2 heterocycles. The van der Waals surface area contributed by atoms with Crippen molar-refractivity contribution in [2.24, 2.45) is 10.2 Å². The third kappa shape index (κ3) is 3.74. The van der Waals surface area contributed by atoms with E-state index in [0.29, 0.717) is 17.1 Å². The molecule has 31 heavy (non-hydrogen) atoms. The van der Waals surface area contributed by atoms with Gasteiger partial charge in [-0.3, -0.25) is 25.0 Å². The van der Waals surface area contributed by atoms with E-state index in [1.165, 1.54) is 59.3 Å². The van der Waals surface area contributed by atoms with Crippen molar-refractivity contribution in [3.63, 3.8) is 0 Å². The molecule has 2 aromatic carbocycles. The van der Waals surface area contributed by atoms with Crippen molar-refractivity contribution in [1.82, 2.24) is 19.2 Å². The number of nitro groups is 2. The number of nitro benzene ring substituents is 2. The zero-order chi connectivity index (χ0) is 22.1. The number of azo groups is 1. The second-order valence-corrected chi connectivity index (χ2v) is 6.33. The molecule has 0 saturated heterocycles. The summed E-state index contributed by atoms with van der Waals surface area (Å²) in [7, 11) is 0. The number of non-ortho nitro benzene ring substituents is 2. The number of benzene rings is 2. The number of nitrogens with zero attached hydrogens (tertiary/aromatic N) is 8. The molecule has 0 radical (unpaired) electrons. The number of hydrogen-bond donors (Lipinski definition) is 0. The van der Waals surface area contributed by atoms with Gasteiger partial charge in [0.25, 0.3) is 22.9 Å². The zero-order valence-corrected chi connectivity index (χ0v) is 15.8. The minimum absolute atomic E-state index is 0.0794. The van der Waals surface area contributed by atoms with Gasteiger partial charge in [-0.1, -0.05) is 0 Å². The highest BCUT2D eigenvalue weighted by molar-refractivity contribution is 5.49. The summed E-state index contributed by atoms with van der Waals surface area (Å²) in [5.41, 5.74) is 0.566. The third-order valence-electron chi connectivity index (χ3n) is 4.23. The Morgan fingerprint density at radius 1 is 0.903 bits per heavy atom. The summed E-state index contributed by atoms with van der Waals surface area (Å²) in [5, 5.41) is 33.9. The van der Waals surface area contributed by atoms with Gasteiger partial charge in [-0.2, -0.15) is 4.68 Å². The molecule has 154 valence electrons. The maximum absolute atomic E-state index is 12.5. The quantitative estimate of drug-likeness (QED) is 0.271. The molecule has 0 fully saturated rings. The van der Waals surface area contributed by atoms with E-state index in [0.717, 1.165) is 4.40 Å². The lowest BCUT2D eigenvalue weighted by Crippen LogP contribution is -2.14. The van der Waals surface area contributed by atoms with Crippen LogP contribution in [0.4, 0.5) is 23.0 Å². The van der Waals surface area contributed by atoms with Gasteiger partial charge in [0.05, 0.1) is 21.2 Å². The van der Waals surface area contributed by atoms with Crippen LogP contribution in [0.5, 0.6) is 0 Å². The molecule has 2 aromatic heterocycles. The largest absolute Gasteiger partial charge is 0.276 e. The molecule has 13 nitrogen and oxygen atoms in total. The molecule has 0 bridgehead atoms. The maximum Gasteiger partial charge on any atom is 0.276 e. The molecule has 13 heteroatoms. The predicted octanol–water partition coefficient (Wildman–Crippen LogP) is 3.42. The molecule has 4 aromatic rings. The second-order valence-electron chi connectivity index (χ2n) is 6.33. The van der Waals surface area contributed by atoms with Crippen LogP contribution in [-0.4, -0.2) is 29.0 Å². The normalized spacial score (nSPS) is 11.3. The van der Waals surface area contributed by atoms with Crippen LogP contribution in [0.2, 0.25) is 0 Å². The van der Waals surface area contributed by atoms with Crippen LogP contribution in [0.1, 0.15) is 5.69 Å². The Bertz CT molecular complexity index is 1400. The minimum Gasteiger partial charge on any atom is -0.269 e. The Hall–Kier alpha value is -4.81. The third-order valence-corrected chi connectivity index (χ3v) is 4.23. The summed E-state index contributed by atoms with van der Waals surface area (Å²) in [6, 6.07) is 12.2. The van der Waals surface area contributed by atoms with E-state index in [4.69, 9.17) is 0 Å². The average molecular weight is 420 g/mol. The Morgan fingerprint density at radius 3 is 2.06 bits per heavy atom. The van der Waals surface area contributed by atoms with Gasteiger partial charge in [-0.15, -0.1) is 15.3 Å². The summed E-state index contributed by atoms with van der Waals surface area (Å²) < 4.78 is 2.46. The fourth-order valence-corrected chi connectivity index (χ4v) is 2.79. The summed E-state index contributed by atoms with van der Waals surface area (Å²) in [5.74, 6) is 0.0701. The van der Waals surface area contributed by atoms with E-state index >= 15 is 0 Å². The highest BCUT2D eigenvalue weighted by atomic mass is 16.6. The number of fused-ring (bicyclic) bond motifs is 1. The van der Waals surface area contributed by atoms with Gasteiger partial charge in [0.2, 0.25) is 5.78 Å². The number of aromatic nitrogens is 4. The topological polar surface area (TPSA) is 163 Å². The standard InChI is InChI=1S/C18H12N8O5/c1-11-10-16(27)23-17(21-20-12-2-4-14(5-3-12)25(28)29)22-24(18(23)19-11)13-6-8-15(9-7-13)26(30)31/h2-10H,1H3. The number of hydrogen-bond acceptors (Lipinski definition) is 9. The average Bonchev–Trinajstić information content (AvgIpc) is 3.11. The first-order valence-electron chi connectivity index (χ1n) is 8.74. The molecule has 0 spiro atoms.